The first-order valence-electron chi connectivity index (χ1n) is 18.1. The van der Waals surface area contributed by atoms with Gasteiger partial charge in [-0.1, -0.05) is 103 Å². The molecule has 11 heteroatoms. The average molecular weight is 759 g/mol. The Bertz CT molecular complexity index is 2110. The molecule has 0 radical (unpaired) electrons. The number of nitrogens with zero attached hydrogens (tertiary/aromatic N) is 1. The van der Waals surface area contributed by atoms with Crippen molar-refractivity contribution in [2.75, 3.05) is 12.9 Å². The van der Waals surface area contributed by atoms with Gasteiger partial charge >= 0.3 is 6.09 Å². The number of hydrogen-bond acceptors (Lipinski definition) is 9. The molecule has 0 bridgehead atoms. The maximum Gasteiger partial charge on any atom is 0.408 e. The van der Waals surface area contributed by atoms with Crippen LogP contribution in [0.25, 0.3) is 11.1 Å². The number of methoxy groups -OCH3 is 1. The summed E-state index contributed by atoms with van der Waals surface area (Å²) in [5, 5.41) is 12.1. The molecule has 2 fully saturated rings. The Labute approximate surface area is 324 Å². The van der Waals surface area contributed by atoms with E-state index in [2.05, 4.69) is 5.32 Å². The summed E-state index contributed by atoms with van der Waals surface area (Å²) >= 11 is 1.68. The zero-order valence-corrected chi connectivity index (χ0v) is 31.2. The van der Waals surface area contributed by atoms with Crippen molar-refractivity contribution in [3.05, 3.63) is 155 Å². The number of imide groups is 1. The van der Waals surface area contributed by atoms with Crippen LogP contribution in [0.5, 0.6) is 5.75 Å². The van der Waals surface area contributed by atoms with Crippen LogP contribution >= 0.6 is 11.8 Å². The molecule has 2 aliphatic rings. The third kappa shape index (κ3) is 9.44. The van der Waals surface area contributed by atoms with Crippen molar-refractivity contribution in [3.8, 4) is 16.9 Å². The van der Waals surface area contributed by atoms with E-state index < -0.39 is 24.3 Å². The lowest BCUT2D eigenvalue weighted by atomic mass is 9.99. The van der Waals surface area contributed by atoms with Gasteiger partial charge in [-0.15, -0.1) is 11.8 Å². The minimum atomic E-state index is -0.987. The quantitative estimate of drug-likeness (QED) is 0.0917. The van der Waals surface area contributed by atoms with E-state index in [4.69, 9.17) is 18.9 Å². The van der Waals surface area contributed by atoms with E-state index in [1.54, 1.807) is 18.9 Å². The largest absolute Gasteiger partial charge is 0.496 e. The van der Waals surface area contributed by atoms with E-state index in [-0.39, 0.29) is 44.3 Å². The smallest absolute Gasteiger partial charge is 0.408 e. The molecule has 2 heterocycles. The van der Waals surface area contributed by atoms with Crippen LogP contribution < -0.4 is 10.1 Å². The van der Waals surface area contributed by atoms with Crippen molar-refractivity contribution in [3.63, 3.8) is 0 Å². The van der Waals surface area contributed by atoms with Gasteiger partial charge in [0.1, 0.15) is 18.4 Å². The summed E-state index contributed by atoms with van der Waals surface area (Å²) in [6.07, 6.45) is -1.25. The van der Waals surface area contributed by atoms with E-state index >= 15 is 0 Å². The van der Waals surface area contributed by atoms with Gasteiger partial charge < -0.3 is 29.4 Å². The number of rotatable bonds is 13. The fourth-order valence-electron chi connectivity index (χ4n) is 6.71. The summed E-state index contributed by atoms with van der Waals surface area (Å²) in [7, 11) is 1.67. The lowest BCUT2D eigenvalue weighted by Gasteiger charge is -2.36. The maximum absolute atomic E-state index is 13.2. The summed E-state index contributed by atoms with van der Waals surface area (Å²) in [5.74, 6) is 0.666. The second-order valence-electron chi connectivity index (χ2n) is 13.4. The maximum atomic E-state index is 13.2. The Morgan fingerprint density at radius 2 is 1.55 bits per heavy atom. The fourth-order valence-corrected chi connectivity index (χ4v) is 7.76. The number of carbonyl (C=O) groups excluding carboxylic acids is 3. The van der Waals surface area contributed by atoms with Gasteiger partial charge in [0.2, 0.25) is 5.91 Å². The zero-order chi connectivity index (χ0) is 38.1. The number of amides is 3. The standard InChI is InChI=1S/C44H42N2O8S/c1-51-38-15-5-6-16-40(38)55-28-36-23-39(32-19-17-29(26-47)18-20-32)54-43(53-36)35-14-8-13-34(22-35)33-12-7-11-31(21-33)25-46-41(48)24-37(42(46)49)45-44(50)52-27-30-9-3-2-4-10-30/h2-22,36-37,39,43,47H,23-28H2,1H3,(H,45,50). The van der Waals surface area contributed by atoms with Crippen molar-refractivity contribution in [1.29, 1.82) is 0 Å². The summed E-state index contributed by atoms with van der Waals surface area (Å²) < 4.78 is 24.1. The highest BCUT2D eigenvalue weighted by Gasteiger charge is 2.40. The van der Waals surface area contributed by atoms with Crippen LogP contribution in [0.2, 0.25) is 0 Å². The molecule has 4 atom stereocenters. The molecule has 2 aliphatic heterocycles. The summed E-state index contributed by atoms with van der Waals surface area (Å²) in [4.78, 5) is 40.8. The number of benzene rings is 5. The van der Waals surface area contributed by atoms with Crippen molar-refractivity contribution in [1.82, 2.24) is 10.2 Å². The molecule has 2 saturated heterocycles. The molecule has 7 rings (SSSR count). The number of para-hydroxylation sites is 1. The number of ether oxygens (including phenoxy) is 4. The Hall–Kier alpha value is -5.46. The molecule has 10 nitrogen and oxygen atoms in total. The predicted molar refractivity (Wildman–Crippen MR) is 208 cm³/mol. The second kappa shape index (κ2) is 17.8. The number of aliphatic hydroxyl groups excluding tert-OH is 1. The molecule has 4 unspecified atom stereocenters. The monoisotopic (exact) mass is 758 g/mol. The minimum absolute atomic E-state index is 0.0297. The number of carbonyl (C=O) groups is 3. The van der Waals surface area contributed by atoms with E-state index in [0.717, 1.165) is 49.6 Å². The Morgan fingerprint density at radius 3 is 2.33 bits per heavy atom. The summed E-state index contributed by atoms with van der Waals surface area (Å²) in [6, 6.07) is 39.7. The van der Waals surface area contributed by atoms with E-state index in [1.807, 2.05) is 127 Å². The first-order chi connectivity index (χ1) is 26.9. The van der Waals surface area contributed by atoms with Gasteiger partial charge in [-0.3, -0.25) is 14.5 Å². The minimum Gasteiger partial charge on any atom is -0.496 e. The van der Waals surface area contributed by atoms with E-state index in [0.29, 0.717) is 12.2 Å². The van der Waals surface area contributed by atoms with Gasteiger partial charge in [0.05, 0.1) is 38.9 Å². The lowest BCUT2D eigenvalue weighted by molar-refractivity contribution is -0.245. The van der Waals surface area contributed by atoms with Gasteiger partial charge in [-0.2, -0.15) is 0 Å². The fraction of sp³-hybridized carbons (Fsp3) is 0.250. The van der Waals surface area contributed by atoms with Crippen LogP contribution in [-0.2, 0) is 43.6 Å². The molecule has 55 heavy (non-hydrogen) atoms. The zero-order valence-electron chi connectivity index (χ0n) is 30.3. The van der Waals surface area contributed by atoms with Crippen LogP contribution in [0.4, 0.5) is 4.79 Å². The molecular formula is C44H42N2O8S. The molecule has 0 saturated carbocycles. The molecule has 5 aromatic carbocycles. The number of thioether (sulfide) groups is 1. The number of alkyl carbamates (subject to hydrolysis) is 1. The summed E-state index contributed by atoms with van der Waals surface area (Å²) in [5.41, 5.74) is 6.09. The Balaban J connectivity index is 1.04. The molecule has 0 spiro atoms. The Kier molecular flexibility index (Phi) is 12.2. The molecule has 0 aliphatic carbocycles. The molecule has 0 aromatic heterocycles. The number of nitrogens with one attached hydrogen (secondary N) is 1. The Morgan fingerprint density at radius 1 is 0.818 bits per heavy atom. The number of aliphatic hydroxyl groups is 1. The lowest BCUT2D eigenvalue weighted by Crippen LogP contribution is -2.41. The van der Waals surface area contributed by atoms with E-state index in [1.165, 1.54) is 4.90 Å². The first-order valence-corrected chi connectivity index (χ1v) is 19.1. The third-order valence-corrected chi connectivity index (χ3v) is 10.8. The third-order valence-electron chi connectivity index (χ3n) is 9.62. The van der Waals surface area contributed by atoms with Crippen LogP contribution in [0, 0.1) is 0 Å². The predicted octanol–water partition coefficient (Wildman–Crippen LogP) is 7.75. The molecule has 2 N–H and O–H groups in total. The number of hydrogen-bond donors (Lipinski definition) is 2. The molecule has 282 valence electrons. The normalized spacial score (nSPS) is 19.6. The van der Waals surface area contributed by atoms with Gasteiger partial charge in [-0.05, 0) is 57.6 Å². The number of likely N-dealkylation sites (tertiary alicyclic amines) is 1. The molecule has 3 amide bonds. The van der Waals surface area contributed by atoms with Crippen LogP contribution in [-0.4, -0.2) is 52.9 Å². The van der Waals surface area contributed by atoms with Crippen molar-refractivity contribution >= 4 is 29.7 Å². The van der Waals surface area contributed by atoms with Crippen LogP contribution in [0.1, 0.15) is 53.1 Å². The van der Waals surface area contributed by atoms with Gasteiger partial charge in [0.15, 0.2) is 6.29 Å². The average Bonchev–Trinajstić information content (AvgIpc) is 3.49. The van der Waals surface area contributed by atoms with Crippen molar-refractivity contribution in [2.24, 2.45) is 0 Å². The van der Waals surface area contributed by atoms with Gasteiger partial charge in [-0.25, -0.2) is 4.79 Å². The SMILES string of the molecule is COc1ccccc1SCC1CC(c2ccc(CO)cc2)OC(c2cccc(-c3cccc(CN4C(=O)CC(NC(=O)OCc5ccccc5)C4=O)c3)c2)O1. The second-order valence-corrected chi connectivity index (χ2v) is 14.5. The summed E-state index contributed by atoms with van der Waals surface area (Å²) in [6.45, 7) is 0.0965. The highest BCUT2D eigenvalue weighted by molar-refractivity contribution is 7.99. The highest BCUT2D eigenvalue weighted by Crippen LogP contribution is 2.41. The van der Waals surface area contributed by atoms with Gasteiger partial charge in [0, 0.05) is 22.6 Å². The highest BCUT2D eigenvalue weighted by atomic mass is 32.2. The van der Waals surface area contributed by atoms with Crippen molar-refractivity contribution < 1.29 is 38.4 Å². The van der Waals surface area contributed by atoms with E-state index in [9.17, 15) is 19.5 Å². The van der Waals surface area contributed by atoms with Crippen LogP contribution in [0.15, 0.2) is 132 Å². The van der Waals surface area contributed by atoms with Crippen molar-refractivity contribution in [2.45, 2.75) is 62.0 Å². The molecular weight excluding hydrogens is 717 g/mol. The molecule has 5 aromatic rings. The topological polar surface area (TPSA) is 124 Å². The first kappa shape index (κ1) is 37.8. The van der Waals surface area contributed by atoms with Crippen LogP contribution in [0.3, 0.4) is 0 Å². The van der Waals surface area contributed by atoms with Gasteiger partial charge in [0.25, 0.3) is 5.91 Å².